The largest absolute Gasteiger partial charge is 0.573 e. The summed E-state index contributed by atoms with van der Waals surface area (Å²) in [5, 5.41) is 10.9. The molecule has 1 aromatic carbocycles. The predicted octanol–water partition coefficient (Wildman–Crippen LogP) is 7.61. The fourth-order valence-corrected chi connectivity index (χ4v) is 11.1. The van der Waals surface area contributed by atoms with Crippen LogP contribution in [-0.4, -0.2) is 46.5 Å². The highest BCUT2D eigenvalue weighted by Crippen LogP contribution is 2.79. The van der Waals surface area contributed by atoms with Gasteiger partial charge in [-0.3, -0.25) is 9.69 Å². The van der Waals surface area contributed by atoms with Crippen LogP contribution in [0.25, 0.3) is 0 Å². The smallest absolute Gasteiger partial charge is 0.461 e. The summed E-state index contributed by atoms with van der Waals surface area (Å²) in [5.41, 5.74) is -0.916. The maximum atomic E-state index is 14.3. The van der Waals surface area contributed by atoms with Crippen molar-refractivity contribution in [2.75, 3.05) is 6.54 Å². The quantitative estimate of drug-likeness (QED) is 0.268. The lowest BCUT2D eigenvalue weighted by molar-refractivity contribution is -0.274. The molecule has 10 heteroatoms. The third kappa shape index (κ3) is 3.88. The molecular weight excluding hydrogens is 599 g/mol. The van der Waals surface area contributed by atoms with Crippen molar-refractivity contribution in [3.05, 3.63) is 77.8 Å². The van der Waals surface area contributed by atoms with Crippen molar-refractivity contribution < 1.29 is 41.8 Å². The molecule has 3 saturated carbocycles. The zero-order valence-corrected chi connectivity index (χ0v) is 25.9. The number of furan rings is 1. The van der Waals surface area contributed by atoms with Gasteiger partial charge in [0.15, 0.2) is 5.76 Å². The summed E-state index contributed by atoms with van der Waals surface area (Å²) < 4.78 is 54.0. The molecule has 2 heterocycles. The van der Waals surface area contributed by atoms with Gasteiger partial charge < -0.3 is 19.0 Å². The van der Waals surface area contributed by atoms with Crippen LogP contribution in [0, 0.1) is 33.5 Å². The second-order valence-corrected chi connectivity index (χ2v) is 15.0. The Kier molecular flexibility index (Phi) is 6.18. The van der Waals surface area contributed by atoms with Gasteiger partial charge in [0.2, 0.25) is 5.78 Å². The normalized spacial score (nSPS) is 40.7. The fourth-order valence-electron chi connectivity index (χ4n) is 11.1. The van der Waals surface area contributed by atoms with E-state index in [4.69, 9.17) is 9.15 Å². The van der Waals surface area contributed by atoms with Crippen LogP contribution in [0.5, 0.6) is 5.75 Å². The topological polar surface area (TPSA) is 89.2 Å². The minimum atomic E-state index is -4.78. The number of aliphatic hydroxyl groups excluding tert-OH is 1. The van der Waals surface area contributed by atoms with Crippen LogP contribution in [0.3, 0.4) is 0 Å². The molecular formula is C36H38F3NO6. The van der Waals surface area contributed by atoms with E-state index in [1.165, 1.54) is 30.5 Å². The van der Waals surface area contributed by atoms with Crippen LogP contribution >= 0.6 is 0 Å². The van der Waals surface area contributed by atoms with E-state index in [0.29, 0.717) is 30.7 Å². The number of halogens is 3. The second-order valence-electron chi connectivity index (χ2n) is 15.0. The number of amides is 1. The first-order valence-electron chi connectivity index (χ1n) is 16.3. The summed E-state index contributed by atoms with van der Waals surface area (Å²) in [6, 6.07) is 9.00. The van der Waals surface area contributed by atoms with Gasteiger partial charge in [-0.1, -0.05) is 44.2 Å². The highest BCUT2D eigenvalue weighted by atomic mass is 19.4. The van der Waals surface area contributed by atoms with Gasteiger partial charge >= 0.3 is 12.5 Å². The summed E-state index contributed by atoms with van der Waals surface area (Å²) in [5.74, 6) is 0.0722. The van der Waals surface area contributed by atoms with Gasteiger partial charge in [-0.15, -0.1) is 13.2 Å². The number of aliphatic hydroxyl groups is 1. The Morgan fingerprint density at radius 3 is 2.46 bits per heavy atom. The van der Waals surface area contributed by atoms with Crippen molar-refractivity contribution in [3.8, 4) is 5.75 Å². The first kappa shape index (κ1) is 29.8. The molecule has 0 radical (unpaired) electrons. The Hall–Kier alpha value is -3.53. The number of benzene rings is 1. The van der Waals surface area contributed by atoms with E-state index in [-0.39, 0.29) is 35.3 Å². The fraction of sp³-hybridized carbons (Fsp3) is 0.556. The van der Waals surface area contributed by atoms with Gasteiger partial charge in [0.05, 0.1) is 18.9 Å². The second kappa shape index (κ2) is 9.52. The summed E-state index contributed by atoms with van der Waals surface area (Å²) >= 11 is 0. The number of hydrogen-bond donors (Lipinski definition) is 1. The molecule has 6 aliphatic carbocycles. The van der Waals surface area contributed by atoms with Gasteiger partial charge in [-0.25, -0.2) is 4.79 Å². The van der Waals surface area contributed by atoms with E-state index in [1.807, 2.05) is 0 Å². The SMILES string of the molecule is CC12CCC(O)CC13C=CC1(C(C(=O)c4ccco4)=C3)C2CCC2(C)C1CCC21CN(Cc2ccc(OC(F)(F)F)cc2)C(=O)O1. The van der Waals surface area contributed by atoms with E-state index >= 15 is 0 Å². The van der Waals surface area contributed by atoms with Crippen molar-refractivity contribution in [3.63, 3.8) is 0 Å². The molecule has 244 valence electrons. The Bertz CT molecular complexity index is 1650. The molecule has 2 aromatic rings. The third-order valence-electron chi connectivity index (χ3n) is 13.2. The molecule has 2 bridgehead atoms. The number of carbonyl (C=O) groups is 2. The first-order chi connectivity index (χ1) is 21.7. The number of ketones is 1. The van der Waals surface area contributed by atoms with E-state index in [9.17, 15) is 27.9 Å². The molecule has 7 nitrogen and oxygen atoms in total. The number of alkyl halides is 3. The van der Waals surface area contributed by atoms with Crippen LogP contribution in [0.1, 0.15) is 74.9 Å². The lowest BCUT2D eigenvalue weighted by Gasteiger charge is -2.71. The summed E-state index contributed by atoms with van der Waals surface area (Å²) in [4.78, 5) is 29.5. The Balaban J connectivity index is 1.14. The Labute approximate surface area is 265 Å². The zero-order chi connectivity index (χ0) is 32.3. The zero-order valence-electron chi connectivity index (χ0n) is 25.9. The van der Waals surface area contributed by atoms with Crippen molar-refractivity contribution in [1.29, 1.82) is 0 Å². The van der Waals surface area contributed by atoms with Crippen LogP contribution in [0.2, 0.25) is 0 Å². The van der Waals surface area contributed by atoms with Crippen LogP contribution in [-0.2, 0) is 11.3 Å². The summed E-state index contributed by atoms with van der Waals surface area (Å²) in [6.45, 7) is 5.14. The molecule has 4 fully saturated rings. The minimum absolute atomic E-state index is 0.0219. The monoisotopic (exact) mass is 637 g/mol. The highest BCUT2D eigenvalue weighted by Gasteiger charge is 2.76. The van der Waals surface area contributed by atoms with E-state index < -0.39 is 40.4 Å². The number of hydrogen-bond acceptors (Lipinski definition) is 6. The van der Waals surface area contributed by atoms with Gasteiger partial charge in [-0.05, 0) is 92.0 Å². The van der Waals surface area contributed by atoms with Gasteiger partial charge in [-0.2, -0.15) is 0 Å². The van der Waals surface area contributed by atoms with E-state index in [2.05, 4.69) is 36.8 Å². The average molecular weight is 638 g/mol. The van der Waals surface area contributed by atoms with Crippen LogP contribution in [0.4, 0.5) is 18.0 Å². The molecule has 1 amide bonds. The molecule has 1 aromatic heterocycles. The van der Waals surface area contributed by atoms with E-state index in [0.717, 1.165) is 37.7 Å². The molecule has 3 spiro atoms. The highest BCUT2D eigenvalue weighted by molar-refractivity contribution is 6.08. The van der Waals surface area contributed by atoms with Crippen LogP contribution in [0.15, 0.2) is 70.9 Å². The molecule has 8 atom stereocenters. The van der Waals surface area contributed by atoms with Crippen LogP contribution < -0.4 is 4.74 Å². The maximum absolute atomic E-state index is 14.3. The first-order valence-corrected chi connectivity index (χ1v) is 16.3. The third-order valence-corrected chi connectivity index (χ3v) is 13.2. The number of Topliss-reactive ketones (excluding diaryl/α,β-unsaturated/α-hetero) is 1. The lowest BCUT2D eigenvalue weighted by Crippen LogP contribution is -2.67. The Morgan fingerprint density at radius 2 is 1.74 bits per heavy atom. The minimum Gasteiger partial charge on any atom is -0.461 e. The molecule has 7 aliphatic rings. The standard InChI is InChI=1S/C36H38F3NO6/c1-31-12-9-23(41)18-33(31)15-16-35(25(19-33)29(42)26-4-3-17-44-26)27(31)10-13-32(2)28(35)11-14-34(32)21-40(30(43)46-34)20-22-5-7-24(8-6-22)45-36(37,38)39/h3-8,15-17,19,23,27-28,41H,9-14,18,20-21H2,1-2H3. The van der Waals surface area contributed by atoms with Gasteiger partial charge in [0.1, 0.15) is 11.4 Å². The molecule has 8 unspecified atom stereocenters. The molecule has 46 heavy (non-hydrogen) atoms. The number of nitrogens with zero attached hydrogens (tertiary/aromatic N) is 1. The van der Waals surface area contributed by atoms with Crippen molar-refractivity contribution in [2.24, 2.45) is 33.5 Å². The Morgan fingerprint density at radius 1 is 1.02 bits per heavy atom. The summed E-state index contributed by atoms with van der Waals surface area (Å²) in [7, 11) is 0. The van der Waals surface area contributed by atoms with E-state index in [1.54, 1.807) is 17.0 Å². The lowest BCUT2D eigenvalue weighted by atomic mass is 9.32. The average Bonchev–Trinajstić information content (AvgIpc) is 3.71. The number of ether oxygens (including phenoxy) is 2. The van der Waals surface area contributed by atoms with Gasteiger partial charge in [0.25, 0.3) is 0 Å². The summed E-state index contributed by atoms with van der Waals surface area (Å²) in [6.07, 6.45) is 7.92. The molecule has 1 aliphatic heterocycles. The number of fused-ring (bicyclic) bond motifs is 2. The maximum Gasteiger partial charge on any atom is 0.573 e. The van der Waals surface area contributed by atoms with Crippen molar-refractivity contribution >= 4 is 11.9 Å². The molecule has 1 saturated heterocycles. The number of rotatable bonds is 5. The van der Waals surface area contributed by atoms with Gasteiger partial charge in [0, 0.05) is 28.4 Å². The molecule has 9 rings (SSSR count). The van der Waals surface area contributed by atoms with Crippen molar-refractivity contribution in [2.45, 2.75) is 83.4 Å². The number of allylic oxidation sites excluding steroid dienone is 4. The molecule has 1 N–H and O–H groups in total. The number of carbonyl (C=O) groups excluding carboxylic acids is 2. The van der Waals surface area contributed by atoms with Crippen molar-refractivity contribution in [1.82, 2.24) is 4.90 Å². The predicted molar refractivity (Wildman–Crippen MR) is 159 cm³/mol.